The Morgan fingerprint density at radius 3 is 2.29 bits per heavy atom. The van der Waals surface area contributed by atoms with Crippen molar-refractivity contribution in [2.24, 2.45) is 0 Å². The van der Waals surface area contributed by atoms with Crippen LogP contribution in [0.5, 0.6) is 0 Å². The maximum absolute atomic E-state index is 12.6. The van der Waals surface area contributed by atoms with Crippen molar-refractivity contribution in [2.45, 2.75) is 16.0 Å². The van der Waals surface area contributed by atoms with Gasteiger partial charge in [-0.1, -0.05) is 30.0 Å². The van der Waals surface area contributed by atoms with Crippen molar-refractivity contribution in [1.29, 1.82) is 0 Å². The molecule has 0 heterocycles. The molecule has 6 heteroatoms. The maximum atomic E-state index is 12.6. The van der Waals surface area contributed by atoms with Crippen LogP contribution in [0, 0.1) is 0 Å². The van der Waals surface area contributed by atoms with Gasteiger partial charge in [-0.2, -0.15) is 13.2 Å². The summed E-state index contributed by atoms with van der Waals surface area (Å²) in [6.07, 6.45) is -4.37. The smallest absolute Gasteiger partial charge is 0.388 e. The molecule has 0 aliphatic rings. The van der Waals surface area contributed by atoms with E-state index >= 15 is 0 Å². The summed E-state index contributed by atoms with van der Waals surface area (Å²) in [5.74, 6) is -0.398. The lowest BCUT2D eigenvalue weighted by Crippen LogP contribution is -2.04. The Hall–Kier alpha value is -1.79. The fraction of sp³-hybridized carbons (Fsp3) is 0.133. The van der Waals surface area contributed by atoms with Gasteiger partial charge in [0.2, 0.25) is 0 Å². The zero-order valence-corrected chi connectivity index (χ0v) is 11.5. The van der Waals surface area contributed by atoms with Crippen molar-refractivity contribution < 1.29 is 23.1 Å². The van der Waals surface area contributed by atoms with Crippen LogP contribution in [0.3, 0.4) is 0 Å². The normalized spacial score (nSPS) is 11.4. The van der Waals surface area contributed by atoms with E-state index in [1.165, 1.54) is 30.0 Å². The van der Waals surface area contributed by atoms with Gasteiger partial charge >= 0.3 is 6.18 Å². The zero-order chi connectivity index (χ0) is 15.5. The third-order valence-electron chi connectivity index (χ3n) is 2.72. The number of carbonyl (C=O) groups is 1. The molecule has 0 radical (unpaired) electrons. The number of aliphatic hydroxyl groups excluding tert-OH is 1. The fourth-order valence-electron chi connectivity index (χ4n) is 1.67. The van der Waals surface area contributed by atoms with Crippen molar-refractivity contribution in [3.05, 3.63) is 59.7 Å². The van der Waals surface area contributed by atoms with Gasteiger partial charge in [-0.15, -0.1) is 0 Å². The van der Waals surface area contributed by atoms with Gasteiger partial charge in [-0.25, -0.2) is 0 Å². The van der Waals surface area contributed by atoms with Crippen LogP contribution in [0.1, 0.15) is 15.9 Å². The fourth-order valence-corrected chi connectivity index (χ4v) is 2.55. The Morgan fingerprint density at radius 1 is 1.05 bits per heavy atom. The summed E-state index contributed by atoms with van der Waals surface area (Å²) in [4.78, 5) is 12.4. The third-order valence-corrected chi connectivity index (χ3v) is 3.71. The second-order valence-corrected chi connectivity index (χ2v) is 5.38. The van der Waals surface area contributed by atoms with E-state index in [1.54, 1.807) is 18.2 Å². The van der Waals surface area contributed by atoms with Crippen molar-refractivity contribution in [3.8, 4) is 0 Å². The number of hydrogen-bond acceptors (Lipinski definition) is 3. The van der Waals surface area contributed by atoms with Crippen LogP contribution in [0.2, 0.25) is 0 Å². The molecule has 2 aromatic rings. The van der Waals surface area contributed by atoms with Crippen LogP contribution in [0.15, 0.2) is 58.3 Å². The number of ketones is 1. The molecule has 0 atom stereocenters. The van der Waals surface area contributed by atoms with Crippen LogP contribution < -0.4 is 0 Å². The minimum Gasteiger partial charge on any atom is -0.388 e. The molecule has 0 fully saturated rings. The highest BCUT2D eigenvalue weighted by Gasteiger charge is 2.30. The summed E-state index contributed by atoms with van der Waals surface area (Å²) in [6.45, 7) is -0.569. The van der Waals surface area contributed by atoms with Gasteiger partial charge < -0.3 is 5.11 Å². The minimum atomic E-state index is -4.37. The van der Waals surface area contributed by atoms with Crippen molar-refractivity contribution in [1.82, 2.24) is 0 Å². The summed E-state index contributed by atoms with van der Waals surface area (Å²) < 4.78 is 37.9. The highest BCUT2D eigenvalue weighted by molar-refractivity contribution is 7.99. The van der Waals surface area contributed by atoms with E-state index < -0.39 is 24.1 Å². The first-order valence-corrected chi connectivity index (χ1v) is 6.81. The first-order valence-electron chi connectivity index (χ1n) is 5.99. The van der Waals surface area contributed by atoms with E-state index in [0.29, 0.717) is 15.4 Å². The minimum absolute atomic E-state index is 0.367. The predicted molar refractivity (Wildman–Crippen MR) is 73.4 cm³/mol. The number of benzene rings is 2. The second-order valence-electron chi connectivity index (χ2n) is 4.23. The van der Waals surface area contributed by atoms with Crippen LogP contribution in [0.4, 0.5) is 13.2 Å². The number of Topliss-reactive ketones (excluding diaryl/α,β-unsaturated/α-hetero) is 1. The molecule has 0 saturated carbocycles. The summed E-state index contributed by atoms with van der Waals surface area (Å²) >= 11 is 1.17. The zero-order valence-electron chi connectivity index (χ0n) is 10.7. The average molecular weight is 312 g/mol. The Labute approximate surface area is 123 Å². The molecule has 2 aromatic carbocycles. The van der Waals surface area contributed by atoms with E-state index in [4.69, 9.17) is 5.11 Å². The lowest BCUT2D eigenvalue weighted by Gasteiger charge is -2.08. The molecular weight excluding hydrogens is 301 g/mol. The largest absolute Gasteiger partial charge is 0.416 e. The average Bonchev–Trinajstić information content (AvgIpc) is 2.47. The van der Waals surface area contributed by atoms with E-state index in [9.17, 15) is 18.0 Å². The van der Waals surface area contributed by atoms with E-state index in [1.807, 2.05) is 0 Å². The van der Waals surface area contributed by atoms with Gasteiger partial charge in [-0.3, -0.25) is 4.79 Å². The predicted octanol–water partition coefficient (Wildman–Crippen LogP) is 4.03. The first kappa shape index (κ1) is 15.6. The lowest BCUT2D eigenvalue weighted by atomic mass is 10.1. The summed E-state index contributed by atoms with van der Waals surface area (Å²) in [5.41, 5.74) is -0.328. The molecule has 1 N–H and O–H groups in total. The number of rotatable bonds is 4. The van der Waals surface area contributed by atoms with Gasteiger partial charge in [0.25, 0.3) is 0 Å². The van der Waals surface area contributed by atoms with E-state index in [0.717, 1.165) is 12.1 Å². The second kappa shape index (κ2) is 6.32. The van der Waals surface area contributed by atoms with Crippen molar-refractivity contribution in [2.75, 3.05) is 6.61 Å². The molecule has 0 amide bonds. The highest BCUT2D eigenvalue weighted by atomic mass is 32.2. The number of aliphatic hydroxyl groups is 1. The molecule has 2 rings (SSSR count). The van der Waals surface area contributed by atoms with Gasteiger partial charge in [0, 0.05) is 15.4 Å². The van der Waals surface area contributed by atoms with Crippen LogP contribution in [-0.4, -0.2) is 17.5 Å². The molecule has 0 saturated heterocycles. The highest BCUT2D eigenvalue weighted by Crippen LogP contribution is 2.34. The van der Waals surface area contributed by atoms with Crippen LogP contribution >= 0.6 is 11.8 Å². The molecular formula is C15H11F3O2S. The molecule has 110 valence electrons. The van der Waals surface area contributed by atoms with Crippen molar-refractivity contribution in [3.63, 3.8) is 0 Å². The third kappa shape index (κ3) is 4.09. The van der Waals surface area contributed by atoms with E-state index in [2.05, 4.69) is 0 Å². The van der Waals surface area contributed by atoms with Crippen molar-refractivity contribution >= 4 is 17.5 Å². The molecule has 21 heavy (non-hydrogen) atoms. The van der Waals surface area contributed by atoms with Gasteiger partial charge in [0.1, 0.15) is 6.61 Å². The molecule has 0 unspecified atom stereocenters. The number of carbonyl (C=O) groups excluding carboxylic acids is 1. The Balaban J connectivity index is 2.17. The molecule has 0 spiro atoms. The topological polar surface area (TPSA) is 37.3 Å². The number of halogens is 3. The SMILES string of the molecule is O=C(CO)c1ccc(Sc2cccc(C(F)(F)F)c2)cc1. The summed E-state index contributed by atoms with van der Waals surface area (Å²) in [7, 11) is 0. The molecule has 0 aromatic heterocycles. The standard InChI is InChI=1S/C15H11F3O2S/c16-15(17,18)11-2-1-3-13(8-11)21-12-6-4-10(5-7-12)14(20)9-19/h1-8,19H,9H2. The monoisotopic (exact) mass is 312 g/mol. The van der Waals surface area contributed by atoms with Gasteiger partial charge in [0.05, 0.1) is 5.56 Å². The maximum Gasteiger partial charge on any atom is 0.416 e. The number of hydrogen-bond donors (Lipinski definition) is 1. The van der Waals surface area contributed by atoms with Gasteiger partial charge in [-0.05, 0) is 30.3 Å². The summed E-state index contributed by atoms with van der Waals surface area (Å²) in [5, 5.41) is 8.74. The van der Waals surface area contributed by atoms with E-state index in [-0.39, 0.29) is 0 Å². The lowest BCUT2D eigenvalue weighted by molar-refractivity contribution is -0.137. The number of alkyl halides is 3. The van der Waals surface area contributed by atoms with Crippen LogP contribution in [-0.2, 0) is 6.18 Å². The molecule has 2 nitrogen and oxygen atoms in total. The quantitative estimate of drug-likeness (QED) is 0.866. The Kier molecular flexibility index (Phi) is 4.69. The molecule has 0 aliphatic carbocycles. The van der Waals surface area contributed by atoms with Gasteiger partial charge in [0.15, 0.2) is 5.78 Å². The molecule has 0 aliphatic heterocycles. The van der Waals surface area contributed by atoms with Crippen LogP contribution in [0.25, 0.3) is 0 Å². The summed E-state index contributed by atoms with van der Waals surface area (Å²) in [6, 6.07) is 11.4. The first-order chi connectivity index (χ1) is 9.90. The Bertz CT molecular complexity index is 636. The Morgan fingerprint density at radius 2 is 1.71 bits per heavy atom. The molecule has 0 bridgehead atoms.